The van der Waals surface area contributed by atoms with Crippen molar-refractivity contribution in [3.63, 3.8) is 0 Å². The van der Waals surface area contributed by atoms with Crippen molar-refractivity contribution in [1.29, 1.82) is 0 Å². The monoisotopic (exact) mass is 472 g/mol. The van der Waals surface area contributed by atoms with Gasteiger partial charge in [0.1, 0.15) is 17.3 Å². The number of rotatable bonds is 7. The summed E-state index contributed by atoms with van der Waals surface area (Å²) in [6.07, 6.45) is 9.65. The van der Waals surface area contributed by atoms with Crippen LogP contribution in [-0.2, 0) is 26.1 Å². The second kappa shape index (κ2) is 10.4. The average Bonchev–Trinajstić information content (AvgIpc) is 2.86. The molecule has 0 heterocycles. The number of ether oxygens (including phenoxy) is 2. The number of esters is 1. The Morgan fingerprint density at radius 2 is 1.66 bits per heavy atom. The first-order chi connectivity index (χ1) is 16.8. The molecule has 1 saturated carbocycles. The van der Waals surface area contributed by atoms with E-state index < -0.39 is 5.41 Å². The van der Waals surface area contributed by atoms with E-state index in [4.69, 9.17) is 9.47 Å². The van der Waals surface area contributed by atoms with Crippen LogP contribution in [0.4, 0.5) is 0 Å². The van der Waals surface area contributed by atoms with Gasteiger partial charge in [-0.2, -0.15) is 0 Å². The summed E-state index contributed by atoms with van der Waals surface area (Å²) in [6, 6.07) is 20.8. The topological polar surface area (TPSA) is 35.5 Å². The predicted octanol–water partition coefficient (Wildman–Crippen LogP) is 7.28. The smallest absolute Gasteiger partial charge is 0.324 e. The third-order valence-electron chi connectivity index (χ3n) is 8.21. The molecule has 0 amide bonds. The normalized spacial score (nSPS) is 28.8. The van der Waals surface area contributed by atoms with Crippen molar-refractivity contribution >= 4 is 5.97 Å². The molecule has 2 aromatic rings. The maximum absolute atomic E-state index is 14.2. The fraction of sp³-hybridized carbons (Fsp3) is 0.469. The van der Waals surface area contributed by atoms with Gasteiger partial charge in [0.2, 0.25) is 0 Å². The second-order valence-corrected chi connectivity index (χ2v) is 11.1. The van der Waals surface area contributed by atoms with Gasteiger partial charge in [-0.1, -0.05) is 107 Å². The van der Waals surface area contributed by atoms with E-state index in [0.29, 0.717) is 18.1 Å². The van der Waals surface area contributed by atoms with Crippen LogP contribution in [0.2, 0.25) is 0 Å². The first-order valence-corrected chi connectivity index (χ1v) is 13.0. The lowest BCUT2D eigenvalue weighted by molar-refractivity contribution is -0.166. The lowest BCUT2D eigenvalue weighted by atomic mass is 9.64. The van der Waals surface area contributed by atoms with Crippen LogP contribution in [0.25, 0.3) is 0 Å². The van der Waals surface area contributed by atoms with E-state index in [-0.39, 0.29) is 29.3 Å². The van der Waals surface area contributed by atoms with E-state index in [9.17, 15) is 4.79 Å². The fourth-order valence-corrected chi connectivity index (χ4v) is 6.00. The summed E-state index contributed by atoms with van der Waals surface area (Å²) in [4.78, 5) is 14.2. The van der Waals surface area contributed by atoms with E-state index in [1.165, 1.54) is 5.56 Å². The second-order valence-electron chi connectivity index (χ2n) is 11.1. The molecule has 2 aliphatic carbocycles. The lowest BCUT2D eigenvalue weighted by Gasteiger charge is -2.45. The van der Waals surface area contributed by atoms with Crippen molar-refractivity contribution in [2.24, 2.45) is 23.2 Å². The van der Waals surface area contributed by atoms with Crippen LogP contribution in [0, 0.1) is 23.2 Å². The third-order valence-corrected chi connectivity index (χ3v) is 8.21. The maximum atomic E-state index is 14.2. The zero-order valence-corrected chi connectivity index (χ0v) is 21.9. The summed E-state index contributed by atoms with van der Waals surface area (Å²) in [7, 11) is 1.66. The van der Waals surface area contributed by atoms with Crippen LogP contribution in [0.3, 0.4) is 0 Å². The summed E-state index contributed by atoms with van der Waals surface area (Å²) in [6.45, 7) is 8.97. The largest absolute Gasteiger partial charge is 0.500 e. The lowest BCUT2D eigenvalue weighted by Crippen LogP contribution is -2.47. The molecule has 0 aliphatic heterocycles. The number of carbonyl (C=O) groups excluding carboxylic acids is 1. The van der Waals surface area contributed by atoms with Gasteiger partial charge in [-0.25, -0.2) is 0 Å². The predicted molar refractivity (Wildman–Crippen MR) is 142 cm³/mol. The Labute approximate surface area is 211 Å². The molecule has 0 saturated heterocycles. The minimum Gasteiger partial charge on any atom is -0.500 e. The van der Waals surface area contributed by atoms with Crippen molar-refractivity contribution in [2.75, 3.05) is 7.11 Å². The minimum atomic E-state index is -0.954. The SMILES string of the molecule is COC1=CC(C)C=CC1(Cc1ccccc1)C(=O)O[C@@H]1C[C@H](C)CC[C@H]1C(C)(C)c1ccccc1. The van der Waals surface area contributed by atoms with Crippen LogP contribution in [-0.4, -0.2) is 19.2 Å². The summed E-state index contributed by atoms with van der Waals surface area (Å²) in [5.74, 6) is 1.47. The number of methoxy groups -OCH3 is 1. The van der Waals surface area contributed by atoms with Gasteiger partial charge in [-0.05, 0) is 53.7 Å². The first kappa shape index (κ1) is 25.3. The highest BCUT2D eigenvalue weighted by molar-refractivity contribution is 5.83. The average molecular weight is 473 g/mol. The molecule has 0 aromatic heterocycles. The van der Waals surface area contributed by atoms with Gasteiger partial charge in [-0.15, -0.1) is 0 Å². The Hall–Kier alpha value is -2.81. The van der Waals surface area contributed by atoms with Crippen molar-refractivity contribution in [3.05, 3.63) is 95.8 Å². The van der Waals surface area contributed by atoms with Gasteiger partial charge in [0.15, 0.2) is 0 Å². The van der Waals surface area contributed by atoms with E-state index in [1.807, 2.05) is 24.3 Å². The number of allylic oxidation sites excluding steroid dienone is 2. The Morgan fingerprint density at radius 1 is 1.00 bits per heavy atom. The first-order valence-electron chi connectivity index (χ1n) is 13.0. The molecule has 2 aliphatic rings. The molecule has 2 aromatic carbocycles. The molecule has 3 nitrogen and oxygen atoms in total. The molecule has 4 rings (SSSR count). The summed E-state index contributed by atoms with van der Waals surface area (Å²) in [5.41, 5.74) is 1.33. The Kier molecular flexibility index (Phi) is 7.54. The maximum Gasteiger partial charge on any atom is 0.324 e. The molecular weight excluding hydrogens is 432 g/mol. The fourth-order valence-electron chi connectivity index (χ4n) is 6.00. The van der Waals surface area contributed by atoms with E-state index >= 15 is 0 Å². The number of carbonyl (C=O) groups is 1. The molecule has 1 fully saturated rings. The molecule has 5 atom stereocenters. The van der Waals surface area contributed by atoms with Gasteiger partial charge >= 0.3 is 5.97 Å². The standard InChI is InChI=1S/C32H40O3/c1-23-16-17-27(31(3,4)26-14-10-7-11-15-26)28(20-23)35-30(33)32(22-25-12-8-6-9-13-25)19-18-24(2)21-29(32)34-5/h6-15,18-19,21,23-24,27-28H,16-17,20,22H2,1-5H3/t23-,24?,27-,28-,32?/m1/s1. The highest BCUT2D eigenvalue weighted by Gasteiger charge is 2.48. The summed E-state index contributed by atoms with van der Waals surface area (Å²) in [5, 5.41) is 0. The molecule has 35 heavy (non-hydrogen) atoms. The minimum absolute atomic E-state index is 0.101. The van der Waals surface area contributed by atoms with Crippen LogP contribution in [0.5, 0.6) is 0 Å². The van der Waals surface area contributed by atoms with Crippen molar-refractivity contribution in [3.8, 4) is 0 Å². The van der Waals surface area contributed by atoms with E-state index in [2.05, 4.69) is 82.3 Å². The molecule has 0 N–H and O–H groups in total. The van der Waals surface area contributed by atoms with E-state index in [1.54, 1.807) is 7.11 Å². The van der Waals surface area contributed by atoms with Crippen LogP contribution in [0.1, 0.15) is 58.1 Å². The quantitative estimate of drug-likeness (QED) is 0.314. The number of benzene rings is 2. The van der Waals surface area contributed by atoms with Gasteiger partial charge in [-0.3, -0.25) is 4.79 Å². The van der Waals surface area contributed by atoms with Crippen molar-refractivity contribution < 1.29 is 14.3 Å². The Balaban J connectivity index is 1.67. The van der Waals surface area contributed by atoms with Crippen molar-refractivity contribution in [1.82, 2.24) is 0 Å². The molecule has 0 bridgehead atoms. The highest BCUT2D eigenvalue weighted by Crippen LogP contribution is 2.46. The molecule has 0 spiro atoms. The Bertz CT molecular complexity index is 1050. The van der Waals surface area contributed by atoms with E-state index in [0.717, 1.165) is 24.8 Å². The zero-order valence-electron chi connectivity index (χ0n) is 21.9. The zero-order chi connectivity index (χ0) is 25.1. The van der Waals surface area contributed by atoms with Gasteiger partial charge in [0.25, 0.3) is 0 Å². The van der Waals surface area contributed by atoms with Gasteiger partial charge in [0.05, 0.1) is 7.11 Å². The number of hydrogen-bond donors (Lipinski definition) is 0. The molecule has 3 heteroatoms. The van der Waals surface area contributed by atoms with Crippen LogP contribution < -0.4 is 0 Å². The Morgan fingerprint density at radius 3 is 2.31 bits per heavy atom. The van der Waals surface area contributed by atoms with Gasteiger partial charge in [0, 0.05) is 5.92 Å². The van der Waals surface area contributed by atoms with Gasteiger partial charge < -0.3 is 9.47 Å². The summed E-state index contributed by atoms with van der Waals surface area (Å²) >= 11 is 0. The summed E-state index contributed by atoms with van der Waals surface area (Å²) < 4.78 is 12.4. The third kappa shape index (κ3) is 5.24. The van der Waals surface area contributed by atoms with Crippen LogP contribution >= 0.6 is 0 Å². The molecule has 0 radical (unpaired) electrons. The molecule has 186 valence electrons. The van der Waals surface area contributed by atoms with Crippen LogP contribution in [0.15, 0.2) is 84.7 Å². The molecule has 2 unspecified atom stereocenters. The molecular formula is C32H40O3. The number of hydrogen-bond acceptors (Lipinski definition) is 3. The van der Waals surface area contributed by atoms with Crippen molar-refractivity contribution in [2.45, 2.75) is 64.9 Å². The highest BCUT2D eigenvalue weighted by atomic mass is 16.5.